The second-order valence-electron chi connectivity index (χ2n) is 7.38. The van der Waals surface area contributed by atoms with Crippen LogP contribution in [-0.2, 0) is 14.8 Å². The Balaban J connectivity index is 1.53. The van der Waals surface area contributed by atoms with Crippen molar-refractivity contribution in [1.29, 1.82) is 0 Å². The van der Waals surface area contributed by atoms with Gasteiger partial charge in [-0.25, -0.2) is 8.42 Å². The SMILES string of the molecule is O=C1NC(c2cccc(OC(F)(F)F)c2)=NC12CCN(S(=O)(=O)c1cccc(Br)c1)CC2. The van der Waals surface area contributed by atoms with Gasteiger partial charge in [0.05, 0.1) is 4.90 Å². The predicted octanol–water partition coefficient (Wildman–Crippen LogP) is 3.45. The molecule has 2 aromatic rings. The van der Waals surface area contributed by atoms with E-state index < -0.39 is 33.6 Å². The van der Waals surface area contributed by atoms with E-state index in [4.69, 9.17) is 0 Å². The first-order chi connectivity index (χ1) is 15.0. The second-order valence-corrected chi connectivity index (χ2v) is 10.2. The van der Waals surface area contributed by atoms with E-state index in [1.165, 1.54) is 28.6 Å². The van der Waals surface area contributed by atoms with Crippen molar-refractivity contribution < 1.29 is 31.1 Å². The van der Waals surface area contributed by atoms with Crippen LogP contribution in [0.15, 0.2) is 62.9 Å². The lowest BCUT2D eigenvalue weighted by atomic mass is 9.89. The Morgan fingerprint density at radius 3 is 2.44 bits per heavy atom. The largest absolute Gasteiger partial charge is 0.573 e. The topological polar surface area (TPSA) is 88.1 Å². The molecular weight excluding hydrogens is 515 g/mol. The monoisotopic (exact) mass is 531 g/mol. The average Bonchev–Trinajstić information content (AvgIpc) is 3.03. The number of carbonyl (C=O) groups is 1. The van der Waals surface area contributed by atoms with E-state index in [0.717, 1.165) is 12.1 Å². The Hall–Kier alpha value is -2.44. The third kappa shape index (κ3) is 4.52. The van der Waals surface area contributed by atoms with Gasteiger partial charge >= 0.3 is 6.36 Å². The van der Waals surface area contributed by atoms with E-state index >= 15 is 0 Å². The molecule has 170 valence electrons. The van der Waals surface area contributed by atoms with E-state index in [-0.39, 0.29) is 42.2 Å². The molecule has 32 heavy (non-hydrogen) atoms. The molecule has 0 saturated carbocycles. The van der Waals surface area contributed by atoms with Gasteiger partial charge in [0, 0.05) is 23.1 Å². The smallest absolute Gasteiger partial charge is 0.406 e. The summed E-state index contributed by atoms with van der Waals surface area (Å²) in [5.74, 6) is -0.706. The molecule has 0 atom stereocenters. The van der Waals surface area contributed by atoms with Gasteiger partial charge in [-0.15, -0.1) is 13.2 Å². The van der Waals surface area contributed by atoms with Gasteiger partial charge in [0.25, 0.3) is 5.91 Å². The highest BCUT2D eigenvalue weighted by Crippen LogP contribution is 2.34. The van der Waals surface area contributed by atoms with E-state index in [9.17, 15) is 26.4 Å². The number of benzene rings is 2. The van der Waals surface area contributed by atoms with Crippen LogP contribution in [0.2, 0.25) is 0 Å². The number of halogens is 4. The molecule has 1 saturated heterocycles. The van der Waals surface area contributed by atoms with E-state index in [1.807, 2.05) is 0 Å². The van der Waals surface area contributed by atoms with Crippen molar-refractivity contribution in [3.05, 3.63) is 58.6 Å². The second kappa shape index (κ2) is 8.16. The van der Waals surface area contributed by atoms with Crippen LogP contribution in [0.4, 0.5) is 13.2 Å². The lowest BCUT2D eigenvalue weighted by molar-refractivity contribution is -0.274. The molecule has 1 N–H and O–H groups in total. The summed E-state index contributed by atoms with van der Waals surface area (Å²) in [5, 5.41) is 2.61. The number of alkyl halides is 3. The number of hydrogen-bond acceptors (Lipinski definition) is 5. The Labute approximate surface area is 190 Å². The number of amides is 1. The molecule has 1 fully saturated rings. The fourth-order valence-corrected chi connectivity index (χ4v) is 5.74. The van der Waals surface area contributed by atoms with Crippen LogP contribution in [0.25, 0.3) is 0 Å². The van der Waals surface area contributed by atoms with Crippen LogP contribution in [-0.4, -0.2) is 49.5 Å². The minimum Gasteiger partial charge on any atom is -0.406 e. The Kier molecular flexibility index (Phi) is 5.80. The van der Waals surface area contributed by atoms with Crippen molar-refractivity contribution in [1.82, 2.24) is 9.62 Å². The molecule has 4 rings (SSSR count). The molecule has 0 radical (unpaired) electrons. The number of rotatable bonds is 4. The van der Waals surface area contributed by atoms with E-state index in [0.29, 0.717) is 4.47 Å². The van der Waals surface area contributed by atoms with Crippen molar-refractivity contribution in [2.24, 2.45) is 4.99 Å². The van der Waals surface area contributed by atoms with Gasteiger partial charge in [-0.2, -0.15) is 4.31 Å². The maximum atomic E-state index is 12.9. The summed E-state index contributed by atoms with van der Waals surface area (Å²) in [4.78, 5) is 17.3. The lowest BCUT2D eigenvalue weighted by Gasteiger charge is -2.34. The summed E-state index contributed by atoms with van der Waals surface area (Å²) >= 11 is 3.26. The first-order valence-electron chi connectivity index (χ1n) is 9.52. The zero-order chi connectivity index (χ0) is 23.1. The summed E-state index contributed by atoms with van der Waals surface area (Å²) < 4.78 is 69.2. The summed E-state index contributed by atoms with van der Waals surface area (Å²) in [6.07, 6.45) is -4.55. The first-order valence-corrected chi connectivity index (χ1v) is 11.8. The number of ether oxygens (including phenoxy) is 1. The van der Waals surface area contributed by atoms with Crippen molar-refractivity contribution in [3.8, 4) is 5.75 Å². The molecule has 1 spiro atoms. The molecule has 12 heteroatoms. The fraction of sp³-hybridized carbons (Fsp3) is 0.300. The summed E-state index contributed by atoms with van der Waals surface area (Å²) in [7, 11) is -3.74. The first kappa shape index (κ1) is 22.7. The summed E-state index contributed by atoms with van der Waals surface area (Å²) in [6, 6.07) is 11.5. The molecule has 2 aromatic carbocycles. The number of amidine groups is 1. The zero-order valence-corrected chi connectivity index (χ0v) is 18.8. The number of piperidine rings is 1. The minimum absolute atomic E-state index is 0.0796. The molecule has 1 amide bonds. The van der Waals surface area contributed by atoms with Crippen LogP contribution in [0.3, 0.4) is 0 Å². The summed E-state index contributed by atoms with van der Waals surface area (Å²) in [6.45, 7) is 0.159. The number of sulfonamides is 1. The standard InChI is InChI=1S/C20H17BrF3N3O4S/c21-14-4-2-6-16(12-14)32(29,30)27-9-7-19(8-10-27)18(28)25-17(26-19)13-3-1-5-15(11-13)31-20(22,23)24/h1-6,11-12H,7-10H2,(H,25,26,28). The third-order valence-electron chi connectivity index (χ3n) is 5.30. The summed E-state index contributed by atoms with van der Waals surface area (Å²) in [5.41, 5.74) is -0.902. The van der Waals surface area contributed by atoms with Crippen molar-refractivity contribution >= 4 is 37.7 Å². The van der Waals surface area contributed by atoms with Crippen LogP contribution in [0.5, 0.6) is 5.75 Å². The minimum atomic E-state index is -4.84. The molecule has 2 aliphatic rings. The van der Waals surface area contributed by atoms with Gasteiger partial charge in [0.1, 0.15) is 17.1 Å². The van der Waals surface area contributed by atoms with Gasteiger partial charge in [-0.05, 0) is 43.2 Å². The molecule has 2 heterocycles. The van der Waals surface area contributed by atoms with Crippen LogP contribution in [0.1, 0.15) is 18.4 Å². The molecule has 0 bridgehead atoms. The average molecular weight is 532 g/mol. The van der Waals surface area contributed by atoms with Gasteiger partial charge in [0.15, 0.2) is 0 Å². The number of nitrogens with zero attached hydrogens (tertiary/aromatic N) is 2. The Bertz CT molecular complexity index is 1190. The highest BCUT2D eigenvalue weighted by molar-refractivity contribution is 9.10. The zero-order valence-electron chi connectivity index (χ0n) is 16.4. The van der Waals surface area contributed by atoms with Gasteiger partial charge in [0.2, 0.25) is 10.0 Å². The molecule has 0 unspecified atom stereocenters. The lowest BCUT2D eigenvalue weighted by Crippen LogP contribution is -2.50. The maximum Gasteiger partial charge on any atom is 0.573 e. The van der Waals surface area contributed by atoms with Crippen molar-refractivity contribution in [2.45, 2.75) is 29.6 Å². The van der Waals surface area contributed by atoms with Crippen LogP contribution in [0, 0.1) is 0 Å². The van der Waals surface area contributed by atoms with Gasteiger partial charge < -0.3 is 10.1 Å². The number of hydrogen-bond donors (Lipinski definition) is 1. The van der Waals surface area contributed by atoms with Gasteiger partial charge in [-0.3, -0.25) is 9.79 Å². The normalized spacial score (nSPS) is 19.0. The van der Waals surface area contributed by atoms with Crippen LogP contribution < -0.4 is 10.1 Å². The van der Waals surface area contributed by atoms with Gasteiger partial charge in [-0.1, -0.05) is 34.1 Å². The molecule has 2 aliphatic heterocycles. The highest BCUT2D eigenvalue weighted by Gasteiger charge is 2.47. The van der Waals surface area contributed by atoms with Crippen molar-refractivity contribution in [3.63, 3.8) is 0 Å². The fourth-order valence-electron chi connectivity index (χ4n) is 3.71. The molecule has 7 nitrogen and oxygen atoms in total. The highest BCUT2D eigenvalue weighted by atomic mass is 79.9. The molecular formula is C20H17BrF3N3O4S. The Morgan fingerprint density at radius 2 is 1.78 bits per heavy atom. The number of aliphatic imine (C=N–C) groups is 1. The maximum absolute atomic E-state index is 12.9. The number of nitrogens with one attached hydrogen (secondary N) is 1. The Morgan fingerprint density at radius 1 is 1.09 bits per heavy atom. The van der Waals surface area contributed by atoms with E-state index in [2.05, 4.69) is 31.0 Å². The predicted molar refractivity (Wildman–Crippen MR) is 113 cm³/mol. The molecule has 0 aliphatic carbocycles. The van der Waals surface area contributed by atoms with Crippen molar-refractivity contribution in [2.75, 3.05) is 13.1 Å². The van der Waals surface area contributed by atoms with E-state index in [1.54, 1.807) is 12.1 Å². The third-order valence-corrected chi connectivity index (χ3v) is 7.69. The quantitative estimate of drug-likeness (QED) is 0.654. The molecule has 0 aromatic heterocycles. The van der Waals surface area contributed by atoms with Crippen LogP contribution >= 0.6 is 15.9 Å². The number of carbonyl (C=O) groups excluding carboxylic acids is 1.